The van der Waals surface area contributed by atoms with Crippen molar-refractivity contribution < 1.29 is 13.2 Å². The third-order valence-electron chi connectivity index (χ3n) is 3.34. The quantitative estimate of drug-likeness (QED) is 0.777. The molecule has 1 aromatic carbocycles. The van der Waals surface area contributed by atoms with Gasteiger partial charge in [-0.2, -0.15) is 13.2 Å². The van der Waals surface area contributed by atoms with Gasteiger partial charge in [0.1, 0.15) is 0 Å². The maximum absolute atomic E-state index is 12.7. The van der Waals surface area contributed by atoms with Crippen molar-refractivity contribution in [1.29, 1.82) is 0 Å². The molecule has 0 heterocycles. The molecule has 0 saturated carbocycles. The van der Waals surface area contributed by atoms with Crippen LogP contribution in [0.1, 0.15) is 38.3 Å². The van der Waals surface area contributed by atoms with Crippen LogP contribution in [0.4, 0.5) is 13.2 Å². The van der Waals surface area contributed by atoms with Gasteiger partial charge in [-0.3, -0.25) is 0 Å². The highest BCUT2D eigenvalue weighted by molar-refractivity contribution is 5.26. The number of hydrogen-bond donors (Lipinski definition) is 1. The topological polar surface area (TPSA) is 12.0 Å². The maximum atomic E-state index is 12.7. The summed E-state index contributed by atoms with van der Waals surface area (Å²) in [5.41, 5.74) is 0.206. The highest BCUT2D eigenvalue weighted by Crippen LogP contribution is 2.30. The van der Waals surface area contributed by atoms with E-state index < -0.39 is 11.7 Å². The number of alkyl halides is 3. The normalized spacial score (nSPS) is 13.8. The smallest absolute Gasteiger partial charge is 0.316 e. The summed E-state index contributed by atoms with van der Waals surface area (Å²) in [5, 5.41) is 3.38. The molecule has 0 aliphatic heterocycles. The van der Waals surface area contributed by atoms with Gasteiger partial charge < -0.3 is 5.32 Å². The average Bonchev–Trinajstić information content (AvgIpc) is 2.36. The number of rotatable bonds is 7. The van der Waals surface area contributed by atoms with Gasteiger partial charge in [0.2, 0.25) is 0 Å². The minimum absolute atomic E-state index is 0.372. The predicted octanol–water partition coefficient (Wildman–Crippen LogP) is 4.52. The van der Waals surface area contributed by atoms with E-state index in [2.05, 4.69) is 26.1 Å². The van der Waals surface area contributed by atoms with Gasteiger partial charge in [0.05, 0.1) is 5.56 Å². The maximum Gasteiger partial charge on any atom is 0.416 e. The van der Waals surface area contributed by atoms with Crippen LogP contribution in [0.5, 0.6) is 0 Å². The van der Waals surface area contributed by atoms with Crippen molar-refractivity contribution in [3.05, 3.63) is 35.4 Å². The highest BCUT2D eigenvalue weighted by atomic mass is 19.4. The monoisotopic (exact) mass is 287 g/mol. The molecule has 0 aliphatic carbocycles. The van der Waals surface area contributed by atoms with Crippen LogP contribution in [0, 0.1) is 11.8 Å². The van der Waals surface area contributed by atoms with Crippen molar-refractivity contribution in [3.8, 4) is 0 Å². The Bertz CT molecular complexity index is 399. The molecule has 0 fully saturated rings. The largest absolute Gasteiger partial charge is 0.416 e. The second kappa shape index (κ2) is 7.67. The zero-order valence-corrected chi connectivity index (χ0v) is 12.4. The highest BCUT2D eigenvalue weighted by Gasteiger charge is 2.30. The molecule has 0 saturated heterocycles. The van der Waals surface area contributed by atoms with Crippen LogP contribution in [0.2, 0.25) is 0 Å². The van der Waals surface area contributed by atoms with Gasteiger partial charge >= 0.3 is 6.18 Å². The van der Waals surface area contributed by atoms with E-state index in [4.69, 9.17) is 0 Å². The Hall–Kier alpha value is -1.03. The van der Waals surface area contributed by atoms with Gasteiger partial charge in [0.15, 0.2) is 0 Å². The lowest BCUT2D eigenvalue weighted by atomic mass is 9.95. The van der Waals surface area contributed by atoms with Gasteiger partial charge in [0, 0.05) is 0 Å². The summed E-state index contributed by atoms with van der Waals surface area (Å²) < 4.78 is 38.0. The van der Waals surface area contributed by atoms with Crippen LogP contribution >= 0.6 is 0 Å². The number of halogens is 3. The third-order valence-corrected chi connectivity index (χ3v) is 3.34. The molecule has 1 unspecified atom stereocenters. The zero-order chi connectivity index (χ0) is 15.2. The molecule has 114 valence electrons. The van der Waals surface area contributed by atoms with Crippen molar-refractivity contribution in [2.45, 2.75) is 39.8 Å². The Morgan fingerprint density at radius 3 is 2.40 bits per heavy atom. The van der Waals surface area contributed by atoms with E-state index in [0.29, 0.717) is 18.3 Å². The minimum Gasteiger partial charge on any atom is -0.316 e. The summed E-state index contributed by atoms with van der Waals surface area (Å²) in [4.78, 5) is 0. The van der Waals surface area contributed by atoms with Crippen LogP contribution in [0.3, 0.4) is 0 Å². The van der Waals surface area contributed by atoms with Crippen molar-refractivity contribution in [3.63, 3.8) is 0 Å². The molecule has 1 atom stereocenters. The lowest BCUT2D eigenvalue weighted by Gasteiger charge is -2.17. The van der Waals surface area contributed by atoms with Crippen LogP contribution in [-0.2, 0) is 12.6 Å². The summed E-state index contributed by atoms with van der Waals surface area (Å²) in [6.45, 7) is 8.15. The Morgan fingerprint density at radius 2 is 1.85 bits per heavy atom. The Balaban J connectivity index is 2.61. The fraction of sp³-hybridized carbons (Fsp3) is 0.625. The molecule has 1 aromatic rings. The Morgan fingerprint density at radius 1 is 1.15 bits per heavy atom. The molecule has 0 aliphatic rings. The fourth-order valence-corrected chi connectivity index (χ4v) is 2.14. The second-order valence-corrected chi connectivity index (χ2v) is 5.73. The van der Waals surface area contributed by atoms with Gasteiger partial charge in [-0.05, 0) is 43.0 Å². The van der Waals surface area contributed by atoms with E-state index in [-0.39, 0.29) is 0 Å². The third kappa shape index (κ3) is 5.95. The van der Waals surface area contributed by atoms with Crippen molar-refractivity contribution >= 4 is 0 Å². The molecular formula is C16H24F3N. The average molecular weight is 287 g/mol. The molecule has 1 N–H and O–H groups in total. The van der Waals surface area contributed by atoms with Gasteiger partial charge in [-0.1, -0.05) is 45.4 Å². The molecule has 20 heavy (non-hydrogen) atoms. The summed E-state index contributed by atoms with van der Waals surface area (Å²) in [6, 6.07) is 5.67. The van der Waals surface area contributed by atoms with Crippen molar-refractivity contribution in [2.75, 3.05) is 13.1 Å². The lowest BCUT2D eigenvalue weighted by Crippen LogP contribution is -2.27. The van der Waals surface area contributed by atoms with Gasteiger partial charge in [-0.15, -0.1) is 0 Å². The molecule has 1 nitrogen and oxygen atoms in total. The molecule has 4 heteroatoms. The summed E-state index contributed by atoms with van der Waals surface area (Å²) in [6.07, 6.45) is -2.61. The molecule has 1 rings (SSSR count). The fourth-order valence-electron chi connectivity index (χ4n) is 2.14. The lowest BCUT2D eigenvalue weighted by molar-refractivity contribution is -0.137. The predicted molar refractivity (Wildman–Crippen MR) is 76.6 cm³/mol. The van der Waals surface area contributed by atoms with Crippen LogP contribution < -0.4 is 5.32 Å². The van der Waals surface area contributed by atoms with Crippen molar-refractivity contribution in [1.82, 2.24) is 5.32 Å². The number of nitrogens with one attached hydrogen (secondary N) is 1. The first kappa shape index (κ1) is 17.0. The Kier molecular flexibility index (Phi) is 6.53. The van der Waals surface area contributed by atoms with Crippen LogP contribution in [0.15, 0.2) is 24.3 Å². The summed E-state index contributed by atoms with van der Waals surface area (Å²) >= 11 is 0. The van der Waals surface area contributed by atoms with E-state index in [0.717, 1.165) is 31.1 Å². The first-order valence-electron chi connectivity index (χ1n) is 7.19. The SMILES string of the molecule is CCC(CNCC(C)C)Cc1cccc(C(F)(F)F)c1. The van der Waals surface area contributed by atoms with E-state index in [9.17, 15) is 13.2 Å². The molecule has 0 aromatic heterocycles. The molecular weight excluding hydrogens is 263 g/mol. The van der Waals surface area contributed by atoms with E-state index in [1.54, 1.807) is 6.07 Å². The molecule has 0 amide bonds. The van der Waals surface area contributed by atoms with E-state index >= 15 is 0 Å². The number of hydrogen-bond acceptors (Lipinski definition) is 1. The van der Waals surface area contributed by atoms with Crippen molar-refractivity contribution in [2.24, 2.45) is 11.8 Å². The van der Waals surface area contributed by atoms with Gasteiger partial charge in [0.25, 0.3) is 0 Å². The van der Waals surface area contributed by atoms with E-state index in [1.807, 2.05) is 0 Å². The van der Waals surface area contributed by atoms with Gasteiger partial charge in [-0.25, -0.2) is 0 Å². The standard InChI is InChI=1S/C16H24F3N/c1-4-13(11-20-10-12(2)3)8-14-6-5-7-15(9-14)16(17,18)19/h5-7,9,12-13,20H,4,8,10-11H2,1-3H3. The first-order valence-corrected chi connectivity index (χ1v) is 7.19. The Labute approximate surface area is 119 Å². The van der Waals surface area contributed by atoms with E-state index in [1.165, 1.54) is 12.1 Å². The van der Waals surface area contributed by atoms with Crippen LogP contribution in [0.25, 0.3) is 0 Å². The van der Waals surface area contributed by atoms with Crippen LogP contribution in [-0.4, -0.2) is 13.1 Å². The second-order valence-electron chi connectivity index (χ2n) is 5.73. The zero-order valence-electron chi connectivity index (χ0n) is 12.4. The minimum atomic E-state index is -4.26. The number of benzene rings is 1. The summed E-state index contributed by atoms with van der Waals surface area (Å²) in [7, 11) is 0. The summed E-state index contributed by atoms with van der Waals surface area (Å²) in [5.74, 6) is 0.957. The molecule has 0 spiro atoms. The first-order chi connectivity index (χ1) is 9.32. The molecule has 0 bridgehead atoms. The molecule has 0 radical (unpaired) electrons.